The number of aliphatic hydroxyl groups excluding tert-OH is 4. The van der Waals surface area contributed by atoms with Crippen LogP contribution in [0.5, 0.6) is 0 Å². The number of aliphatic hydroxyl groups is 4. The molecule has 5 nitrogen and oxygen atoms in total. The Bertz CT molecular complexity index is 155. The average Bonchev–Trinajstić information content (AvgIpc) is 2.32. The monoisotopic (exact) mass is 198 g/mol. The second kappa shape index (κ2) is 3.87. The molecule has 0 aromatic heterocycles. The third-order valence-corrected chi connectivity index (χ3v) is 2.17. The predicted octanol–water partition coefficient (Wildman–Crippen LogP) is -1.97. The van der Waals surface area contributed by atoms with Crippen molar-refractivity contribution in [1.82, 2.24) is 0 Å². The van der Waals surface area contributed by atoms with Crippen LogP contribution in [0.1, 0.15) is 0 Å². The summed E-state index contributed by atoms with van der Waals surface area (Å²) in [6.45, 7) is -0.544. The van der Waals surface area contributed by atoms with Gasteiger partial charge in [-0.1, -0.05) is 11.6 Å². The lowest BCUT2D eigenvalue weighted by molar-refractivity contribution is -0.0720. The van der Waals surface area contributed by atoms with Crippen molar-refractivity contribution >= 4 is 11.6 Å². The number of halogens is 1. The van der Waals surface area contributed by atoms with Crippen molar-refractivity contribution in [3.05, 3.63) is 0 Å². The first kappa shape index (κ1) is 10.2. The third-order valence-electron chi connectivity index (χ3n) is 1.81. The summed E-state index contributed by atoms with van der Waals surface area (Å²) in [5, 5.41) is 35.9. The van der Waals surface area contributed by atoms with Crippen molar-refractivity contribution in [3.63, 3.8) is 0 Å². The van der Waals surface area contributed by atoms with Gasteiger partial charge in [-0.2, -0.15) is 0 Å². The molecular weight excluding hydrogens is 188 g/mol. The summed E-state index contributed by atoms with van der Waals surface area (Å²) in [5.41, 5.74) is -1.04. The molecule has 1 unspecified atom stereocenters. The summed E-state index contributed by atoms with van der Waals surface area (Å²) >= 11 is 5.43. The maximum absolute atomic E-state index is 9.20. The molecule has 0 aliphatic carbocycles. The average molecular weight is 199 g/mol. The fraction of sp³-hybridized carbons (Fsp3) is 1.00. The first-order valence-electron chi connectivity index (χ1n) is 3.52. The molecule has 0 bridgehead atoms. The Morgan fingerprint density at radius 2 is 1.92 bits per heavy atom. The normalized spacial score (nSPS) is 44.8. The quantitative estimate of drug-likeness (QED) is 0.387. The SMILES string of the molecule is OC[C@@H](O)[C@H]1OC(Cl)[C@@H](O)[C@H]1O. The summed E-state index contributed by atoms with van der Waals surface area (Å²) in [5.74, 6) is 0. The van der Waals surface area contributed by atoms with Crippen LogP contribution >= 0.6 is 11.6 Å². The molecule has 72 valence electrons. The van der Waals surface area contributed by atoms with E-state index >= 15 is 0 Å². The summed E-state index contributed by atoms with van der Waals surface area (Å²) < 4.78 is 4.79. The minimum atomic E-state index is -1.25. The van der Waals surface area contributed by atoms with Crippen LogP contribution < -0.4 is 0 Å². The minimum Gasteiger partial charge on any atom is -0.394 e. The van der Waals surface area contributed by atoms with Crippen LogP contribution in [0.2, 0.25) is 0 Å². The molecule has 1 aliphatic heterocycles. The van der Waals surface area contributed by atoms with Crippen LogP contribution in [0.4, 0.5) is 0 Å². The van der Waals surface area contributed by atoms with Gasteiger partial charge < -0.3 is 25.2 Å². The summed E-state index contributed by atoms with van der Waals surface area (Å²) in [6, 6.07) is 0. The third kappa shape index (κ3) is 1.71. The van der Waals surface area contributed by atoms with E-state index in [0.717, 1.165) is 0 Å². The second-order valence-electron chi connectivity index (χ2n) is 2.68. The van der Waals surface area contributed by atoms with E-state index < -0.39 is 36.6 Å². The van der Waals surface area contributed by atoms with Gasteiger partial charge in [-0.25, -0.2) is 0 Å². The topological polar surface area (TPSA) is 90.2 Å². The molecule has 0 aromatic carbocycles. The molecule has 0 spiro atoms. The molecule has 6 heteroatoms. The molecule has 1 fully saturated rings. The molecule has 4 N–H and O–H groups in total. The van der Waals surface area contributed by atoms with Crippen LogP contribution in [0.3, 0.4) is 0 Å². The second-order valence-corrected chi connectivity index (χ2v) is 3.11. The van der Waals surface area contributed by atoms with Gasteiger partial charge >= 0.3 is 0 Å². The Labute approximate surface area is 74.2 Å². The van der Waals surface area contributed by atoms with Crippen molar-refractivity contribution in [2.75, 3.05) is 6.61 Å². The van der Waals surface area contributed by atoms with Crippen LogP contribution in [0.15, 0.2) is 0 Å². The van der Waals surface area contributed by atoms with Gasteiger partial charge in [0.05, 0.1) is 6.61 Å². The smallest absolute Gasteiger partial charge is 0.160 e. The largest absolute Gasteiger partial charge is 0.394 e. The minimum absolute atomic E-state index is 0.544. The van der Waals surface area contributed by atoms with Gasteiger partial charge in [0.25, 0.3) is 0 Å². The van der Waals surface area contributed by atoms with Crippen LogP contribution in [-0.2, 0) is 4.74 Å². The van der Waals surface area contributed by atoms with Crippen molar-refractivity contribution in [1.29, 1.82) is 0 Å². The van der Waals surface area contributed by atoms with E-state index in [-0.39, 0.29) is 0 Å². The lowest BCUT2D eigenvalue weighted by atomic mass is 10.1. The van der Waals surface area contributed by atoms with E-state index in [1.165, 1.54) is 0 Å². The lowest BCUT2D eigenvalue weighted by Gasteiger charge is -2.18. The van der Waals surface area contributed by atoms with E-state index in [2.05, 4.69) is 0 Å². The molecule has 0 saturated carbocycles. The first-order valence-corrected chi connectivity index (χ1v) is 3.96. The zero-order valence-corrected chi connectivity index (χ0v) is 6.92. The van der Waals surface area contributed by atoms with E-state index in [1.54, 1.807) is 0 Å². The molecule has 1 heterocycles. The van der Waals surface area contributed by atoms with Gasteiger partial charge in [-0.3, -0.25) is 0 Å². The Morgan fingerprint density at radius 1 is 1.33 bits per heavy atom. The van der Waals surface area contributed by atoms with E-state index in [9.17, 15) is 5.11 Å². The summed E-state index contributed by atoms with van der Waals surface area (Å²) in [7, 11) is 0. The van der Waals surface area contributed by atoms with E-state index in [0.29, 0.717) is 0 Å². The fourth-order valence-corrected chi connectivity index (χ4v) is 1.35. The highest BCUT2D eigenvalue weighted by atomic mass is 35.5. The van der Waals surface area contributed by atoms with Crippen LogP contribution in [0.25, 0.3) is 0 Å². The number of alkyl halides is 1. The van der Waals surface area contributed by atoms with Gasteiger partial charge in [0.2, 0.25) is 0 Å². The molecule has 0 aromatic rings. The highest BCUT2D eigenvalue weighted by Gasteiger charge is 2.44. The first-order chi connectivity index (χ1) is 5.57. The zero-order chi connectivity index (χ0) is 9.30. The molecule has 12 heavy (non-hydrogen) atoms. The molecule has 1 rings (SSSR count). The van der Waals surface area contributed by atoms with Gasteiger partial charge in [-0.15, -0.1) is 0 Å². The van der Waals surface area contributed by atoms with Crippen LogP contribution in [-0.4, -0.2) is 57.0 Å². The predicted molar refractivity (Wildman–Crippen MR) is 39.6 cm³/mol. The molecule has 5 atom stereocenters. The van der Waals surface area contributed by atoms with E-state index in [4.69, 9.17) is 31.7 Å². The Hall–Kier alpha value is 0.0900. The molecule has 0 radical (unpaired) electrons. The highest BCUT2D eigenvalue weighted by molar-refractivity contribution is 6.20. The number of ether oxygens (including phenoxy) is 1. The summed E-state index contributed by atoms with van der Waals surface area (Å²) in [4.78, 5) is 0. The molecular formula is C6H11ClO5. The maximum Gasteiger partial charge on any atom is 0.160 e. The van der Waals surface area contributed by atoms with Crippen molar-refractivity contribution in [2.24, 2.45) is 0 Å². The van der Waals surface area contributed by atoms with E-state index in [1.807, 2.05) is 0 Å². The Kier molecular flexibility index (Phi) is 3.28. The van der Waals surface area contributed by atoms with Gasteiger partial charge in [0.15, 0.2) is 5.56 Å². The Morgan fingerprint density at radius 3 is 2.25 bits per heavy atom. The Balaban J connectivity index is 2.58. The van der Waals surface area contributed by atoms with Crippen molar-refractivity contribution in [3.8, 4) is 0 Å². The fourth-order valence-electron chi connectivity index (χ4n) is 1.08. The van der Waals surface area contributed by atoms with Gasteiger partial charge in [0, 0.05) is 0 Å². The zero-order valence-electron chi connectivity index (χ0n) is 6.17. The number of rotatable bonds is 2. The lowest BCUT2D eigenvalue weighted by Crippen LogP contribution is -2.40. The highest BCUT2D eigenvalue weighted by Crippen LogP contribution is 2.25. The maximum atomic E-state index is 9.20. The molecule has 1 saturated heterocycles. The van der Waals surface area contributed by atoms with Crippen LogP contribution in [0, 0.1) is 0 Å². The van der Waals surface area contributed by atoms with Crippen molar-refractivity contribution < 1.29 is 25.2 Å². The van der Waals surface area contributed by atoms with Gasteiger partial charge in [-0.05, 0) is 0 Å². The van der Waals surface area contributed by atoms with Crippen molar-refractivity contribution in [2.45, 2.75) is 30.0 Å². The van der Waals surface area contributed by atoms with Gasteiger partial charge in [0.1, 0.15) is 24.4 Å². The summed E-state index contributed by atoms with van der Waals surface area (Å²) in [6.07, 6.45) is -4.72. The number of hydrogen-bond acceptors (Lipinski definition) is 5. The number of hydrogen-bond donors (Lipinski definition) is 4. The standard InChI is InChI=1S/C6H11ClO5/c7-6-4(11)3(10)5(12-6)2(9)1-8/h2-6,8-11H,1H2/t2-,3-,4+,5-,6?/m1/s1. The molecule has 0 amide bonds. The molecule has 1 aliphatic rings.